The molecule has 2 heterocycles. The summed E-state index contributed by atoms with van der Waals surface area (Å²) >= 11 is 0. The van der Waals surface area contributed by atoms with Crippen LogP contribution >= 0.6 is 0 Å². The Morgan fingerprint density at radius 2 is 0.761 bits per heavy atom. The average Bonchev–Trinajstić information content (AvgIpc) is 3.84. The van der Waals surface area contributed by atoms with E-state index in [9.17, 15) is 0 Å². The Morgan fingerprint density at radius 1 is 0.254 bits per heavy atom. The molecule has 71 heavy (non-hydrogen) atoms. The van der Waals surface area contributed by atoms with E-state index in [-0.39, 0.29) is 0 Å². The first kappa shape index (κ1) is 40.6. The second kappa shape index (κ2) is 16.7. The molecule has 0 saturated carbocycles. The summed E-state index contributed by atoms with van der Waals surface area (Å²) in [5, 5.41) is 12.3. The van der Waals surface area contributed by atoms with Gasteiger partial charge in [-0.3, -0.25) is 0 Å². The highest BCUT2D eigenvalue weighted by atomic mass is 16.3. The summed E-state index contributed by atoms with van der Waals surface area (Å²) in [6, 6.07) is 91.3. The third-order valence-corrected chi connectivity index (χ3v) is 14.3. The highest BCUT2D eigenvalue weighted by molar-refractivity contribution is 6.20. The average molecular weight is 903 g/mol. The lowest BCUT2D eigenvalue weighted by atomic mass is 9.88. The van der Waals surface area contributed by atoms with Crippen molar-refractivity contribution in [1.82, 2.24) is 9.97 Å². The SMILES string of the molecule is c1ccc(-c2nc(-c3ccc(-c4ccc(-c5ccc(-c6c7ccccc7cc7c6ccc6ccccc67)cc5)c5ccccc45)cc3)cc(-c3ccc(-c4cccc5c4oc4ccccc45)cc3)n2)cc1. The molecule has 0 N–H and O–H groups in total. The van der Waals surface area contributed by atoms with Crippen molar-refractivity contribution in [2.45, 2.75) is 0 Å². The van der Waals surface area contributed by atoms with Crippen molar-refractivity contribution in [3.63, 3.8) is 0 Å². The second-order valence-corrected chi connectivity index (χ2v) is 18.4. The summed E-state index contributed by atoms with van der Waals surface area (Å²) < 4.78 is 6.39. The summed E-state index contributed by atoms with van der Waals surface area (Å²) in [7, 11) is 0. The zero-order valence-corrected chi connectivity index (χ0v) is 38.6. The van der Waals surface area contributed by atoms with Crippen LogP contribution in [-0.4, -0.2) is 9.97 Å². The van der Waals surface area contributed by atoms with Gasteiger partial charge in [0.25, 0.3) is 0 Å². The number of rotatable bonds is 7. The Hall–Kier alpha value is -9.44. The molecule has 3 heteroatoms. The van der Waals surface area contributed by atoms with Crippen molar-refractivity contribution in [2.24, 2.45) is 0 Å². The van der Waals surface area contributed by atoms with E-state index in [1.54, 1.807) is 0 Å². The van der Waals surface area contributed by atoms with Gasteiger partial charge in [0.15, 0.2) is 5.82 Å². The molecule has 0 aliphatic rings. The molecule has 0 aliphatic heterocycles. The Labute approximate surface area is 410 Å². The Bertz CT molecular complexity index is 4360. The molecule has 2 aromatic heterocycles. The van der Waals surface area contributed by atoms with Crippen LogP contribution in [0.3, 0.4) is 0 Å². The lowest BCUT2D eigenvalue weighted by Gasteiger charge is -2.15. The number of aromatic nitrogens is 2. The van der Waals surface area contributed by atoms with Gasteiger partial charge in [-0.25, -0.2) is 9.97 Å². The molecule has 330 valence electrons. The topological polar surface area (TPSA) is 38.9 Å². The smallest absolute Gasteiger partial charge is 0.160 e. The molecule has 12 aromatic carbocycles. The van der Waals surface area contributed by atoms with E-state index in [1.807, 2.05) is 30.3 Å². The molecule has 3 nitrogen and oxygen atoms in total. The van der Waals surface area contributed by atoms with E-state index in [1.165, 1.54) is 70.9 Å². The van der Waals surface area contributed by atoms with Gasteiger partial charge in [-0.1, -0.05) is 237 Å². The van der Waals surface area contributed by atoms with E-state index in [4.69, 9.17) is 14.4 Å². The first-order valence-corrected chi connectivity index (χ1v) is 24.2. The van der Waals surface area contributed by atoms with E-state index < -0.39 is 0 Å². The number of benzene rings is 12. The number of para-hydroxylation sites is 2. The van der Waals surface area contributed by atoms with Crippen molar-refractivity contribution in [3.05, 3.63) is 255 Å². The van der Waals surface area contributed by atoms with Gasteiger partial charge < -0.3 is 4.42 Å². The zero-order valence-electron chi connectivity index (χ0n) is 38.6. The monoisotopic (exact) mass is 902 g/mol. The molecule has 0 saturated heterocycles. The predicted octanol–water partition coefficient (Wildman–Crippen LogP) is 18.7. The lowest BCUT2D eigenvalue weighted by Crippen LogP contribution is -1.96. The Kier molecular flexibility index (Phi) is 9.53. The summed E-state index contributed by atoms with van der Waals surface area (Å²) in [6.07, 6.45) is 0. The quantitative estimate of drug-likeness (QED) is 0.118. The van der Waals surface area contributed by atoms with Gasteiger partial charge >= 0.3 is 0 Å². The van der Waals surface area contributed by atoms with Gasteiger partial charge in [0, 0.05) is 33.0 Å². The van der Waals surface area contributed by atoms with Gasteiger partial charge in [-0.15, -0.1) is 0 Å². The molecule has 0 atom stereocenters. The molecular formula is C68H42N2O. The predicted molar refractivity (Wildman–Crippen MR) is 297 cm³/mol. The highest BCUT2D eigenvalue weighted by Gasteiger charge is 2.17. The minimum atomic E-state index is 0.687. The fourth-order valence-electron chi connectivity index (χ4n) is 10.8. The maximum atomic E-state index is 6.39. The van der Waals surface area contributed by atoms with Crippen molar-refractivity contribution in [3.8, 4) is 78.4 Å². The third-order valence-electron chi connectivity index (χ3n) is 14.3. The van der Waals surface area contributed by atoms with E-state index in [0.717, 1.165) is 66.7 Å². The van der Waals surface area contributed by atoms with E-state index >= 15 is 0 Å². The Balaban J connectivity index is 0.798. The van der Waals surface area contributed by atoms with Gasteiger partial charge in [-0.2, -0.15) is 0 Å². The van der Waals surface area contributed by atoms with Gasteiger partial charge in [0.1, 0.15) is 11.2 Å². The zero-order chi connectivity index (χ0) is 46.8. The van der Waals surface area contributed by atoms with Crippen molar-refractivity contribution in [2.75, 3.05) is 0 Å². The summed E-state index contributed by atoms with van der Waals surface area (Å²) in [5.74, 6) is 0.687. The molecule has 14 aromatic rings. The molecular weight excluding hydrogens is 861 g/mol. The standard InChI is InChI=1S/C68H42N2O/c1-2-14-50(15-3-1)68-69-63(42-64(70-68)48-33-27-46(28-34-48)56-22-12-23-61-59-21-10-11-24-65(59)71-67(56)61)47-31-25-44(26-32-47)53-39-40-54(58-20-9-8-19-57(53)58)45-29-35-49(36-30-45)66-55-18-7-5-16-51(55)41-62-52-17-6-4-13-43(52)37-38-60(62)66/h1-42H. The fourth-order valence-corrected chi connectivity index (χ4v) is 10.8. The maximum absolute atomic E-state index is 6.39. The van der Waals surface area contributed by atoms with E-state index in [2.05, 4.69) is 224 Å². The largest absolute Gasteiger partial charge is 0.455 e. The Morgan fingerprint density at radius 3 is 1.42 bits per heavy atom. The first-order chi connectivity index (χ1) is 35.2. The van der Waals surface area contributed by atoms with Crippen LogP contribution in [0, 0.1) is 0 Å². The van der Waals surface area contributed by atoms with Gasteiger partial charge in [0.05, 0.1) is 11.4 Å². The second-order valence-electron chi connectivity index (χ2n) is 18.4. The van der Waals surface area contributed by atoms with Gasteiger partial charge in [-0.05, 0) is 100 Å². The molecule has 0 bridgehead atoms. The molecule has 0 radical (unpaired) electrons. The fraction of sp³-hybridized carbons (Fsp3) is 0. The highest BCUT2D eigenvalue weighted by Crippen LogP contribution is 2.42. The number of furan rings is 1. The van der Waals surface area contributed by atoms with Crippen LogP contribution in [0.25, 0.3) is 143 Å². The van der Waals surface area contributed by atoms with Crippen LogP contribution in [0.5, 0.6) is 0 Å². The molecule has 0 amide bonds. The van der Waals surface area contributed by atoms with Crippen LogP contribution < -0.4 is 0 Å². The number of hydrogen-bond donors (Lipinski definition) is 0. The summed E-state index contributed by atoms with van der Waals surface area (Å²) in [6.45, 7) is 0. The van der Waals surface area contributed by atoms with Crippen LogP contribution in [0.2, 0.25) is 0 Å². The molecule has 0 unspecified atom stereocenters. The minimum Gasteiger partial charge on any atom is -0.455 e. The molecule has 14 rings (SSSR count). The third kappa shape index (κ3) is 6.97. The van der Waals surface area contributed by atoms with Crippen LogP contribution in [0.1, 0.15) is 0 Å². The van der Waals surface area contributed by atoms with Crippen molar-refractivity contribution >= 4 is 65.0 Å². The number of hydrogen-bond acceptors (Lipinski definition) is 3. The van der Waals surface area contributed by atoms with Crippen LogP contribution in [0.15, 0.2) is 259 Å². The van der Waals surface area contributed by atoms with E-state index in [0.29, 0.717) is 5.82 Å². The minimum absolute atomic E-state index is 0.687. The van der Waals surface area contributed by atoms with Crippen molar-refractivity contribution in [1.29, 1.82) is 0 Å². The number of fused-ring (bicyclic) bond motifs is 8. The van der Waals surface area contributed by atoms with Crippen molar-refractivity contribution < 1.29 is 4.42 Å². The normalized spacial score (nSPS) is 11.7. The van der Waals surface area contributed by atoms with Crippen LogP contribution in [-0.2, 0) is 0 Å². The molecule has 0 fully saturated rings. The number of nitrogens with zero attached hydrogens (tertiary/aromatic N) is 2. The lowest BCUT2D eigenvalue weighted by molar-refractivity contribution is 0.670. The van der Waals surface area contributed by atoms with Crippen LogP contribution in [0.4, 0.5) is 0 Å². The summed E-state index contributed by atoms with van der Waals surface area (Å²) in [4.78, 5) is 10.3. The van der Waals surface area contributed by atoms with Gasteiger partial charge in [0.2, 0.25) is 0 Å². The summed E-state index contributed by atoms with van der Waals surface area (Å²) in [5.41, 5.74) is 15.9. The molecule has 0 spiro atoms. The molecule has 0 aliphatic carbocycles. The maximum Gasteiger partial charge on any atom is 0.160 e. The first-order valence-electron chi connectivity index (χ1n) is 24.2.